The molecule has 2 saturated carbocycles. The van der Waals surface area contributed by atoms with Gasteiger partial charge in [0.1, 0.15) is 29.7 Å². The number of ether oxygens (including phenoxy) is 3. The van der Waals surface area contributed by atoms with E-state index < -0.39 is 106 Å². The number of hydrogen-bond donors (Lipinski definition) is 8. The first-order valence-corrected chi connectivity index (χ1v) is 26.1. The van der Waals surface area contributed by atoms with Crippen LogP contribution in [0.3, 0.4) is 0 Å². The quantitative estimate of drug-likeness (QED) is 0.122. The second-order valence-corrected chi connectivity index (χ2v) is 24.0. The standard InChI is InChI=1S/C53H88FN3O13/c1-14-40-52(11,66)44(62)32(7)57(26-27(2)24-51(10,65)45(30(5)42(60)31(6)46(63)69-40)70-47-43(61)38(56(12)13)21-29(4)68-47)19-15-18-55-48(64)53(67)28(3)20-35-34-23-37(54)36-22-33(58)16-17-49(36,8)41(34)39(59)25-50(35,53)9/h16-17,27-32,34-35,38-45,47,59-62,65-67H,14-15,18-26H2,1-13H3,(H,55,64)/t27-,28-,29-,30+,31-,32-,34?,35?,38-,39+,40-,41?,42?,43-,44-,45?,47+,49+,50+,51-,52-,53+/m1/s1. The van der Waals surface area contributed by atoms with Crippen LogP contribution >= 0.6 is 0 Å². The van der Waals surface area contributed by atoms with Gasteiger partial charge in [-0.1, -0.05) is 47.6 Å². The maximum absolute atomic E-state index is 16.0. The number of hydrogen-bond acceptors (Lipinski definition) is 15. The van der Waals surface area contributed by atoms with Crippen LogP contribution in [0.4, 0.5) is 4.39 Å². The molecule has 400 valence electrons. The summed E-state index contributed by atoms with van der Waals surface area (Å²) in [5.74, 6) is -5.89. The van der Waals surface area contributed by atoms with Crippen LogP contribution in [0.1, 0.15) is 128 Å². The van der Waals surface area contributed by atoms with E-state index in [2.05, 4.69) is 5.32 Å². The summed E-state index contributed by atoms with van der Waals surface area (Å²) in [4.78, 5) is 44.5. The van der Waals surface area contributed by atoms with Crippen LogP contribution in [0, 0.1) is 52.3 Å². The third-order valence-electron chi connectivity index (χ3n) is 18.6. The van der Waals surface area contributed by atoms with Crippen molar-refractivity contribution in [2.75, 3.05) is 33.7 Å². The van der Waals surface area contributed by atoms with E-state index in [0.29, 0.717) is 24.8 Å². The number of cyclic esters (lactones) is 1. The lowest BCUT2D eigenvalue weighted by Crippen LogP contribution is -2.64. The van der Waals surface area contributed by atoms with Gasteiger partial charge in [-0.25, -0.2) is 4.39 Å². The van der Waals surface area contributed by atoms with Crippen LogP contribution in [-0.2, 0) is 28.6 Å². The van der Waals surface area contributed by atoms with Gasteiger partial charge in [-0.2, -0.15) is 0 Å². The molecule has 6 rings (SSSR count). The molecule has 22 atom stereocenters. The smallest absolute Gasteiger partial charge is 0.311 e. The molecule has 1 amide bonds. The molecule has 0 aromatic carbocycles. The molecule has 4 fully saturated rings. The van der Waals surface area contributed by atoms with Crippen LogP contribution in [0.15, 0.2) is 23.6 Å². The van der Waals surface area contributed by atoms with E-state index in [9.17, 15) is 50.1 Å². The maximum atomic E-state index is 16.0. The summed E-state index contributed by atoms with van der Waals surface area (Å²) >= 11 is 0. The molecule has 16 nitrogen and oxygen atoms in total. The highest BCUT2D eigenvalue weighted by Crippen LogP contribution is 2.68. The number of allylic oxidation sites excluding steroid dienone is 4. The number of fused-ring (bicyclic) bond motifs is 5. The summed E-state index contributed by atoms with van der Waals surface area (Å²) in [6.07, 6.45) is -3.90. The number of rotatable bonds is 9. The Hall–Kier alpha value is -2.42. The Labute approximate surface area is 415 Å². The topological polar surface area (TPSA) is 239 Å². The highest BCUT2D eigenvalue weighted by atomic mass is 19.1. The van der Waals surface area contributed by atoms with Gasteiger partial charge in [0.2, 0.25) is 0 Å². The van der Waals surface area contributed by atoms with E-state index >= 15 is 4.39 Å². The van der Waals surface area contributed by atoms with Crippen LogP contribution < -0.4 is 5.32 Å². The van der Waals surface area contributed by atoms with E-state index in [1.165, 1.54) is 19.9 Å². The molecule has 0 bridgehead atoms. The largest absolute Gasteiger partial charge is 0.459 e. The number of likely N-dealkylation sites (N-methyl/N-ethyl adjacent to an activating group) is 1. The molecular formula is C53H88FN3O13. The van der Waals surface area contributed by atoms with E-state index in [1.807, 2.05) is 58.5 Å². The Morgan fingerprint density at radius 1 is 0.971 bits per heavy atom. The summed E-state index contributed by atoms with van der Waals surface area (Å²) in [6, 6.07) is -1.09. The molecule has 0 radical (unpaired) electrons. The predicted octanol–water partition coefficient (Wildman–Crippen LogP) is 3.41. The summed E-state index contributed by atoms with van der Waals surface area (Å²) < 4.78 is 34.6. The van der Waals surface area contributed by atoms with Gasteiger partial charge >= 0.3 is 5.97 Å². The number of nitrogens with one attached hydrogen (secondary N) is 1. The number of carbonyl (C=O) groups is 3. The lowest BCUT2D eigenvalue weighted by atomic mass is 9.46. The van der Waals surface area contributed by atoms with Crippen molar-refractivity contribution in [2.24, 2.45) is 52.3 Å². The lowest BCUT2D eigenvalue weighted by Gasteiger charge is -2.59. The Morgan fingerprint density at radius 3 is 2.26 bits per heavy atom. The molecule has 0 aromatic rings. The molecule has 2 aliphatic heterocycles. The van der Waals surface area contributed by atoms with E-state index in [0.717, 1.165) is 0 Å². The van der Waals surface area contributed by atoms with Gasteiger partial charge in [0.25, 0.3) is 5.91 Å². The first kappa shape index (κ1) is 56.9. The summed E-state index contributed by atoms with van der Waals surface area (Å²) in [5.41, 5.74) is -7.07. The number of amides is 1. The number of esters is 1. The Balaban J connectivity index is 1.22. The van der Waals surface area contributed by atoms with Crippen LogP contribution in [0.2, 0.25) is 0 Å². The van der Waals surface area contributed by atoms with Gasteiger partial charge in [-0.3, -0.25) is 19.3 Å². The van der Waals surface area contributed by atoms with Gasteiger partial charge < -0.3 is 60.2 Å². The zero-order chi connectivity index (χ0) is 52.4. The van der Waals surface area contributed by atoms with E-state index in [4.69, 9.17) is 14.2 Å². The highest BCUT2D eigenvalue weighted by molar-refractivity contribution is 5.93. The maximum Gasteiger partial charge on any atom is 0.311 e. The van der Waals surface area contributed by atoms with Crippen LogP contribution in [0.25, 0.3) is 0 Å². The van der Waals surface area contributed by atoms with E-state index in [-0.39, 0.29) is 99.2 Å². The van der Waals surface area contributed by atoms with Crippen LogP contribution in [-0.4, -0.2) is 175 Å². The molecule has 8 N–H and O–H groups in total. The van der Waals surface area contributed by atoms with Crippen molar-refractivity contribution in [1.82, 2.24) is 15.1 Å². The third kappa shape index (κ3) is 10.2. The van der Waals surface area contributed by atoms with E-state index in [1.54, 1.807) is 33.8 Å². The molecule has 17 heteroatoms. The third-order valence-corrected chi connectivity index (χ3v) is 18.6. The zero-order valence-electron chi connectivity index (χ0n) is 44.1. The minimum Gasteiger partial charge on any atom is -0.459 e. The SMILES string of the molecule is CC[C@H]1OC(=O)[C@H](C)C(O)[C@H](C)C(O[C@@H]2O[C@H](C)C[C@@H](N(C)C)[C@H]2O)[C@](C)(O)C[C@@H](C)CN(CCCNC(=O)[C@@]2(O)[C@H](C)CC3C4CC(F)=C5CC(=O)C=C[C@]5(C)C4[C@@H](O)C[C@@]32C)[C@H](C)[C@@H](O)[C@]1(C)O. The Morgan fingerprint density at radius 2 is 1.63 bits per heavy atom. The molecule has 2 saturated heterocycles. The minimum atomic E-state index is -1.96. The monoisotopic (exact) mass is 994 g/mol. The first-order valence-electron chi connectivity index (χ1n) is 26.1. The Kier molecular flexibility index (Phi) is 17.1. The van der Waals surface area contributed by atoms with Gasteiger partial charge in [-0.15, -0.1) is 0 Å². The number of halogens is 1. The highest BCUT2D eigenvalue weighted by Gasteiger charge is 2.71. The molecule has 70 heavy (non-hydrogen) atoms. The average molecular weight is 994 g/mol. The number of aliphatic hydroxyl groups is 7. The number of aliphatic hydroxyl groups excluding tert-OH is 4. The molecule has 0 aromatic heterocycles. The van der Waals surface area contributed by atoms with Crippen molar-refractivity contribution in [3.63, 3.8) is 0 Å². The van der Waals surface area contributed by atoms with Crippen molar-refractivity contribution in [3.05, 3.63) is 23.6 Å². The van der Waals surface area contributed by atoms with Gasteiger partial charge in [0.05, 0.1) is 35.9 Å². The molecule has 2 heterocycles. The van der Waals surface area contributed by atoms with Crippen molar-refractivity contribution in [1.29, 1.82) is 0 Å². The zero-order valence-corrected chi connectivity index (χ0v) is 44.1. The summed E-state index contributed by atoms with van der Waals surface area (Å²) in [5, 5.41) is 87.3. The van der Waals surface area contributed by atoms with Crippen molar-refractivity contribution in [2.45, 2.75) is 205 Å². The van der Waals surface area contributed by atoms with Crippen molar-refractivity contribution >= 4 is 17.7 Å². The van der Waals surface area contributed by atoms with Crippen molar-refractivity contribution in [3.8, 4) is 0 Å². The second kappa shape index (κ2) is 21.1. The second-order valence-electron chi connectivity index (χ2n) is 24.0. The van der Waals surface area contributed by atoms with Gasteiger partial charge in [-0.05, 0) is 123 Å². The van der Waals surface area contributed by atoms with Crippen LogP contribution in [0.5, 0.6) is 0 Å². The fourth-order valence-electron chi connectivity index (χ4n) is 14.6. The Bertz CT molecular complexity index is 1970. The fraction of sp³-hybridized carbons (Fsp3) is 0.868. The van der Waals surface area contributed by atoms with Gasteiger partial charge in [0.15, 0.2) is 17.7 Å². The number of nitrogens with zero attached hydrogens (tertiary/aromatic N) is 2. The number of carbonyl (C=O) groups excluding carboxylic acids is 3. The normalized spacial score (nSPS) is 48.8. The minimum absolute atomic E-state index is 0.0271. The number of ketones is 1. The molecule has 6 aliphatic rings. The molecular weight excluding hydrogens is 906 g/mol. The molecule has 4 aliphatic carbocycles. The average Bonchev–Trinajstić information content (AvgIpc) is 3.48. The predicted molar refractivity (Wildman–Crippen MR) is 259 cm³/mol. The summed E-state index contributed by atoms with van der Waals surface area (Å²) in [7, 11) is 3.70. The van der Waals surface area contributed by atoms with Gasteiger partial charge in [0, 0.05) is 67.2 Å². The first-order chi connectivity index (χ1) is 32.4. The van der Waals surface area contributed by atoms with Crippen molar-refractivity contribution < 1.29 is 68.7 Å². The molecule has 5 unspecified atom stereocenters. The molecule has 0 spiro atoms. The fourth-order valence-corrected chi connectivity index (χ4v) is 14.6. The lowest BCUT2D eigenvalue weighted by molar-refractivity contribution is -0.299. The summed E-state index contributed by atoms with van der Waals surface area (Å²) in [6.45, 7) is 19.6.